The monoisotopic (exact) mass is 259 g/mol. The molecule has 1 aromatic carbocycles. The van der Waals surface area contributed by atoms with Gasteiger partial charge in [0.15, 0.2) is 5.69 Å². The van der Waals surface area contributed by atoms with Gasteiger partial charge in [-0.3, -0.25) is 4.79 Å². The molecular weight excluding hydrogens is 250 g/mol. The third kappa shape index (κ3) is 1.61. The van der Waals surface area contributed by atoms with Gasteiger partial charge in [-0.25, -0.2) is 4.98 Å². The average molecular weight is 259 g/mol. The molecule has 0 radical (unpaired) electrons. The van der Waals surface area contributed by atoms with Crippen LogP contribution in [-0.4, -0.2) is 20.7 Å². The summed E-state index contributed by atoms with van der Waals surface area (Å²) in [6.07, 6.45) is 0. The number of nitrogen functional groups attached to an aromatic ring is 1. The fourth-order valence-corrected chi connectivity index (χ4v) is 2.56. The van der Waals surface area contributed by atoms with Crippen molar-refractivity contribution in [2.75, 3.05) is 5.73 Å². The number of rotatable bonds is 2. The van der Waals surface area contributed by atoms with Crippen LogP contribution in [-0.2, 0) is 0 Å². The summed E-state index contributed by atoms with van der Waals surface area (Å²) in [5.41, 5.74) is 12.0. The van der Waals surface area contributed by atoms with E-state index in [-0.39, 0.29) is 5.69 Å². The predicted molar refractivity (Wildman–Crippen MR) is 69.7 cm³/mol. The van der Waals surface area contributed by atoms with Gasteiger partial charge in [-0.05, 0) is 12.1 Å². The van der Waals surface area contributed by atoms with Gasteiger partial charge in [0, 0.05) is 6.07 Å². The molecule has 0 atom stereocenters. The second kappa shape index (κ2) is 3.81. The number of fused-ring (bicyclic) bond motifs is 1. The van der Waals surface area contributed by atoms with Crippen molar-refractivity contribution < 1.29 is 4.79 Å². The fourth-order valence-electron chi connectivity index (χ4n) is 1.62. The molecule has 18 heavy (non-hydrogen) atoms. The lowest BCUT2D eigenvalue weighted by Crippen LogP contribution is -2.12. The van der Waals surface area contributed by atoms with Crippen LogP contribution in [0.2, 0.25) is 0 Å². The zero-order valence-corrected chi connectivity index (χ0v) is 10.0. The third-order valence-electron chi connectivity index (χ3n) is 2.45. The Kier molecular flexibility index (Phi) is 2.27. The van der Waals surface area contributed by atoms with Gasteiger partial charge in [0.2, 0.25) is 5.13 Å². The van der Waals surface area contributed by atoms with E-state index in [1.54, 1.807) is 0 Å². The molecule has 0 aliphatic heterocycles. The Bertz CT molecular complexity index is 712. The summed E-state index contributed by atoms with van der Waals surface area (Å²) in [6.45, 7) is 0. The van der Waals surface area contributed by atoms with Crippen LogP contribution in [0.1, 0.15) is 10.5 Å². The molecule has 0 spiro atoms. The maximum absolute atomic E-state index is 11.0. The average Bonchev–Trinajstić information content (AvgIpc) is 2.91. The molecule has 6 nitrogen and oxygen atoms in total. The van der Waals surface area contributed by atoms with E-state index in [0.29, 0.717) is 10.9 Å². The Labute approximate surface area is 106 Å². The Hall–Kier alpha value is -2.41. The normalized spacial score (nSPS) is 10.9. The number of aromatic nitrogens is 3. The molecule has 90 valence electrons. The number of hydrogen-bond donors (Lipinski definition) is 2. The second-order valence-corrected chi connectivity index (χ2v) is 4.70. The van der Waals surface area contributed by atoms with Crippen LogP contribution in [0, 0.1) is 0 Å². The lowest BCUT2D eigenvalue weighted by Gasteiger charge is -1.96. The van der Waals surface area contributed by atoms with Gasteiger partial charge in [-0.15, -0.1) is 0 Å². The van der Waals surface area contributed by atoms with E-state index >= 15 is 0 Å². The standard InChI is InChI=1S/C11H9N5OS/c12-9-5-7(10(13)17)15-16(9)11-14-6-3-1-2-4-8(6)18-11/h1-5H,12H2,(H2,13,17). The Morgan fingerprint density at radius 2 is 2.11 bits per heavy atom. The summed E-state index contributed by atoms with van der Waals surface area (Å²) < 4.78 is 2.45. The minimum Gasteiger partial charge on any atom is -0.383 e. The first-order chi connectivity index (χ1) is 8.65. The highest BCUT2D eigenvalue weighted by Crippen LogP contribution is 2.25. The van der Waals surface area contributed by atoms with E-state index in [4.69, 9.17) is 11.5 Å². The van der Waals surface area contributed by atoms with Crippen LogP contribution in [0.25, 0.3) is 15.3 Å². The Balaban J connectivity index is 2.16. The molecule has 0 bridgehead atoms. The van der Waals surface area contributed by atoms with Crippen LogP contribution < -0.4 is 11.5 Å². The molecule has 1 amide bonds. The first-order valence-corrected chi connectivity index (χ1v) is 5.98. The van der Waals surface area contributed by atoms with E-state index in [0.717, 1.165) is 10.2 Å². The minimum absolute atomic E-state index is 0.131. The third-order valence-corrected chi connectivity index (χ3v) is 3.47. The molecule has 7 heteroatoms. The Morgan fingerprint density at radius 3 is 2.78 bits per heavy atom. The highest BCUT2D eigenvalue weighted by Gasteiger charge is 2.13. The van der Waals surface area contributed by atoms with Crippen molar-refractivity contribution in [1.29, 1.82) is 0 Å². The molecule has 2 heterocycles. The van der Waals surface area contributed by atoms with Gasteiger partial charge in [0.1, 0.15) is 5.82 Å². The zero-order valence-electron chi connectivity index (χ0n) is 9.20. The molecule has 4 N–H and O–H groups in total. The van der Waals surface area contributed by atoms with Crippen molar-refractivity contribution in [3.05, 3.63) is 36.0 Å². The quantitative estimate of drug-likeness (QED) is 0.721. The number of carbonyl (C=O) groups excluding carboxylic acids is 1. The molecule has 0 saturated carbocycles. The van der Waals surface area contributed by atoms with Crippen molar-refractivity contribution in [2.45, 2.75) is 0 Å². The summed E-state index contributed by atoms with van der Waals surface area (Å²) in [5.74, 6) is -0.274. The van der Waals surface area contributed by atoms with Gasteiger partial charge in [-0.1, -0.05) is 23.5 Å². The number of primary amides is 1. The molecular formula is C11H9N5OS. The molecule has 0 fully saturated rings. The molecule has 0 unspecified atom stereocenters. The number of hydrogen-bond acceptors (Lipinski definition) is 5. The van der Waals surface area contributed by atoms with E-state index < -0.39 is 5.91 Å². The minimum atomic E-state index is -0.610. The maximum Gasteiger partial charge on any atom is 0.269 e. The lowest BCUT2D eigenvalue weighted by molar-refractivity contribution is 0.0995. The largest absolute Gasteiger partial charge is 0.383 e. The molecule has 3 rings (SSSR count). The molecule has 0 aliphatic carbocycles. The lowest BCUT2D eigenvalue weighted by atomic mass is 10.3. The maximum atomic E-state index is 11.0. The van der Waals surface area contributed by atoms with Crippen LogP contribution in [0.5, 0.6) is 0 Å². The van der Waals surface area contributed by atoms with Crippen molar-refractivity contribution in [3.8, 4) is 5.13 Å². The molecule has 3 aromatic rings. The summed E-state index contributed by atoms with van der Waals surface area (Å²) in [6, 6.07) is 9.16. The van der Waals surface area contributed by atoms with E-state index in [1.165, 1.54) is 22.1 Å². The number of benzene rings is 1. The highest BCUT2D eigenvalue weighted by atomic mass is 32.1. The number of anilines is 1. The number of carbonyl (C=O) groups is 1. The number of amides is 1. The van der Waals surface area contributed by atoms with Gasteiger partial charge in [0.05, 0.1) is 10.2 Å². The topological polar surface area (TPSA) is 99.8 Å². The molecule has 2 aromatic heterocycles. The summed E-state index contributed by atoms with van der Waals surface area (Å²) in [7, 11) is 0. The SMILES string of the molecule is NC(=O)c1cc(N)n(-c2nc3ccccc3s2)n1. The number of para-hydroxylation sites is 1. The van der Waals surface area contributed by atoms with Crippen molar-refractivity contribution in [1.82, 2.24) is 14.8 Å². The van der Waals surface area contributed by atoms with Crippen LogP contribution in [0.4, 0.5) is 5.82 Å². The zero-order chi connectivity index (χ0) is 12.7. The second-order valence-electron chi connectivity index (χ2n) is 3.69. The van der Waals surface area contributed by atoms with Crippen LogP contribution in [0.15, 0.2) is 30.3 Å². The van der Waals surface area contributed by atoms with Crippen molar-refractivity contribution in [3.63, 3.8) is 0 Å². The van der Waals surface area contributed by atoms with E-state index in [1.807, 2.05) is 24.3 Å². The molecule has 0 aliphatic rings. The van der Waals surface area contributed by atoms with Crippen molar-refractivity contribution in [2.24, 2.45) is 5.73 Å². The van der Waals surface area contributed by atoms with Crippen LogP contribution in [0.3, 0.4) is 0 Å². The van der Waals surface area contributed by atoms with Gasteiger partial charge >= 0.3 is 0 Å². The Morgan fingerprint density at radius 1 is 1.33 bits per heavy atom. The predicted octanol–water partition coefficient (Wildman–Crippen LogP) is 1.16. The smallest absolute Gasteiger partial charge is 0.269 e. The summed E-state index contributed by atoms with van der Waals surface area (Å²) >= 11 is 1.45. The summed E-state index contributed by atoms with van der Waals surface area (Å²) in [4.78, 5) is 15.4. The number of thiazole rings is 1. The fraction of sp³-hybridized carbons (Fsp3) is 0. The number of nitrogens with two attached hydrogens (primary N) is 2. The first-order valence-electron chi connectivity index (χ1n) is 5.16. The van der Waals surface area contributed by atoms with E-state index in [2.05, 4.69) is 10.1 Å². The summed E-state index contributed by atoms with van der Waals surface area (Å²) in [5, 5.41) is 4.65. The van der Waals surface area contributed by atoms with Gasteiger partial charge in [-0.2, -0.15) is 9.78 Å². The van der Waals surface area contributed by atoms with Gasteiger partial charge in [0.25, 0.3) is 5.91 Å². The van der Waals surface area contributed by atoms with Crippen LogP contribution >= 0.6 is 11.3 Å². The van der Waals surface area contributed by atoms with E-state index in [9.17, 15) is 4.79 Å². The molecule has 0 saturated heterocycles. The van der Waals surface area contributed by atoms with Crippen molar-refractivity contribution >= 4 is 33.3 Å². The highest BCUT2D eigenvalue weighted by molar-refractivity contribution is 7.20. The number of nitrogens with zero attached hydrogens (tertiary/aromatic N) is 3. The van der Waals surface area contributed by atoms with Gasteiger partial charge < -0.3 is 11.5 Å². The first kappa shape index (κ1) is 10.7.